The van der Waals surface area contributed by atoms with Gasteiger partial charge in [-0.25, -0.2) is 0 Å². The summed E-state index contributed by atoms with van der Waals surface area (Å²) in [5.41, 5.74) is 9.75. The van der Waals surface area contributed by atoms with Crippen LogP contribution in [0.1, 0.15) is 22.3 Å². The molecule has 2 aromatic heterocycles. The molecular weight excluding hydrogens is 479 g/mol. The molecule has 0 unspecified atom stereocenters. The van der Waals surface area contributed by atoms with E-state index in [-0.39, 0.29) is 37.2 Å². The Morgan fingerprint density at radius 2 is 0.667 bits per heavy atom. The van der Waals surface area contributed by atoms with E-state index in [9.17, 15) is 0 Å². The number of hydrogen-bond acceptors (Lipinski definition) is 6. The van der Waals surface area contributed by atoms with Crippen LogP contribution in [0.5, 0.6) is 0 Å². The average Bonchev–Trinajstić information content (AvgIpc) is 3.16. The van der Waals surface area contributed by atoms with E-state index in [0.29, 0.717) is 0 Å². The largest absolute Gasteiger partial charge is 0.316 e. The van der Waals surface area contributed by atoms with Crippen molar-refractivity contribution in [3.05, 3.63) is 71.3 Å². The maximum absolute atomic E-state index is 4.34. The summed E-state index contributed by atoms with van der Waals surface area (Å²) in [6.07, 6.45) is 11.4. The first-order valence-corrected chi connectivity index (χ1v) is 10.7. The predicted octanol–water partition coefficient (Wildman–Crippen LogP) is 3.90. The van der Waals surface area contributed by atoms with E-state index in [1.807, 2.05) is 0 Å². The van der Waals surface area contributed by atoms with E-state index in [1.54, 1.807) is 24.8 Å². The molecule has 0 saturated carbocycles. The van der Waals surface area contributed by atoms with Gasteiger partial charge in [0.1, 0.15) is 0 Å². The van der Waals surface area contributed by atoms with Gasteiger partial charge in [-0.3, -0.25) is 19.9 Å². The van der Waals surface area contributed by atoms with Crippen LogP contribution >= 0.6 is 37.2 Å². The molecule has 0 atom stereocenters. The fourth-order valence-corrected chi connectivity index (χ4v) is 4.27. The molecule has 2 aromatic carbocycles. The number of aromatic nitrogens is 4. The van der Waals surface area contributed by atoms with Gasteiger partial charge in [-0.05, 0) is 98.4 Å². The van der Waals surface area contributed by atoms with Gasteiger partial charge in [-0.1, -0.05) is 0 Å². The highest BCUT2D eigenvalue weighted by atomic mass is 35.5. The van der Waals surface area contributed by atoms with Crippen LogP contribution in [-0.4, -0.2) is 46.1 Å². The summed E-state index contributed by atoms with van der Waals surface area (Å²) in [6, 6.07) is 8.74. The number of rotatable bonds is 0. The minimum atomic E-state index is 0. The zero-order valence-electron chi connectivity index (χ0n) is 18.3. The van der Waals surface area contributed by atoms with Gasteiger partial charge in [0.05, 0.1) is 22.1 Å². The summed E-state index contributed by atoms with van der Waals surface area (Å²) in [5.74, 6) is 0. The molecule has 0 spiro atoms. The predicted molar refractivity (Wildman–Crippen MR) is 141 cm³/mol. The van der Waals surface area contributed by atoms with Gasteiger partial charge in [0.15, 0.2) is 0 Å². The quantitative estimate of drug-likeness (QED) is 0.376. The van der Waals surface area contributed by atoms with Crippen LogP contribution in [0.2, 0.25) is 0 Å². The van der Waals surface area contributed by atoms with Gasteiger partial charge in [-0.15, -0.1) is 37.2 Å². The molecule has 6 rings (SSSR count). The van der Waals surface area contributed by atoms with E-state index in [4.69, 9.17) is 0 Å². The van der Waals surface area contributed by atoms with Crippen molar-refractivity contribution in [2.24, 2.45) is 0 Å². The van der Waals surface area contributed by atoms with Crippen molar-refractivity contribution in [3.8, 4) is 0 Å². The lowest BCUT2D eigenvalue weighted by molar-refractivity contribution is 0.711. The molecule has 4 aromatic rings. The first-order valence-electron chi connectivity index (χ1n) is 10.7. The Bertz CT molecular complexity index is 1010. The van der Waals surface area contributed by atoms with Crippen LogP contribution in [0, 0.1) is 0 Å². The molecule has 0 bridgehead atoms. The lowest BCUT2D eigenvalue weighted by atomic mass is 10.0. The Morgan fingerprint density at radius 1 is 0.424 bits per heavy atom. The van der Waals surface area contributed by atoms with Gasteiger partial charge in [0.2, 0.25) is 0 Å². The standard InChI is InChI=1S/2C12H13N3.3ClH/c2*1-3-13-4-2-10-8-12-11(7-9(1)10)14-5-6-15-12;;;/h2*5-8,13H,1-4H2;3*1H. The number of nitrogens with zero attached hydrogens (tertiary/aromatic N) is 4. The Balaban J connectivity index is 0.000000214. The Kier molecular flexibility index (Phi) is 10.7. The fourth-order valence-electron chi connectivity index (χ4n) is 4.27. The molecule has 6 nitrogen and oxygen atoms in total. The second-order valence-corrected chi connectivity index (χ2v) is 7.83. The van der Waals surface area contributed by atoms with Crippen molar-refractivity contribution in [1.29, 1.82) is 0 Å². The number of nitrogens with one attached hydrogen (secondary N) is 2. The Morgan fingerprint density at radius 3 is 0.909 bits per heavy atom. The van der Waals surface area contributed by atoms with Gasteiger partial charge in [0, 0.05) is 24.8 Å². The zero-order valence-corrected chi connectivity index (χ0v) is 20.7. The summed E-state index contributed by atoms with van der Waals surface area (Å²) >= 11 is 0. The van der Waals surface area contributed by atoms with Gasteiger partial charge in [0.25, 0.3) is 0 Å². The molecule has 2 aliphatic heterocycles. The van der Waals surface area contributed by atoms with Crippen molar-refractivity contribution in [3.63, 3.8) is 0 Å². The van der Waals surface area contributed by atoms with Crippen LogP contribution in [-0.2, 0) is 25.7 Å². The molecule has 0 fully saturated rings. The molecule has 2 N–H and O–H groups in total. The topological polar surface area (TPSA) is 75.6 Å². The molecule has 0 radical (unpaired) electrons. The number of hydrogen-bond donors (Lipinski definition) is 2. The van der Waals surface area contributed by atoms with Gasteiger partial charge in [-0.2, -0.15) is 0 Å². The Hall–Kier alpha value is -2.09. The monoisotopic (exact) mass is 506 g/mol. The highest BCUT2D eigenvalue weighted by Gasteiger charge is 2.10. The number of fused-ring (bicyclic) bond motifs is 4. The first kappa shape index (κ1) is 27.2. The molecule has 0 saturated heterocycles. The molecule has 176 valence electrons. The second kappa shape index (κ2) is 13.0. The third-order valence-corrected chi connectivity index (χ3v) is 5.87. The first-order chi connectivity index (χ1) is 14.9. The second-order valence-electron chi connectivity index (χ2n) is 7.83. The minimum absolute atomic E-state index is 0. The lowest BCUT2D eigenvalue weighted by Crippen LogP contribution is -2.16. The highest BCUT2D eigenvalue weighted by Crippen LogP contribution is 2.20. The molecule has 9 heteroatoms. The smallest absolute Gasteiger partial charge is 0.0889 e. The van der Waals surface area contributed by atoms with Crippen molar-refractivity contribution in [2.45, 2.75) is 25.7 Å². The van der Waals surface area contributed by atoms with Gasteiger partial charge < -0.3 is 10.6 Å². The Labute approximate surface area is 212 Å². The maximum atomic E-state index is 4.34. The lowest BCUT2D eigenvalue weighted by Gasteiger charge is -2.05. The molecule has 0 aliphatic carbocycles. The van der Waals surface area contributed by atoms with Gasteiger partial charge >= 0.3 is 0 Å². The van der Waals surface area contributed by atoms with E-state index < -0.39 is 0 Å². The van der Waals surface area contributed by atoms with Crippen LogP contribution in [0.25, 0.3) is 22.1 Å². The minimum Gasteiger partial charge on any atom is -0.316 e. The van der Waals surface area contributed by atoms with Crippen LogP contribution in [0.3, 0.4) is 0 Å². The summed E-state index contributed by atoms with van der Waals surface area (Å²) in [6.45, 7) is 4.27. The van der Waals surface area contributed by atoms with E-state index in [2.05, 4.69) is 54.8 Å². The fraction of sp³-hybridized carbons (Fsp3) is 0.333. The van der Waals surface area contributed by atoms with E-state index in [0.717, 1.165) is 73.9 Å². The van der Waals surface area contributed by atoms with Crippen molar-refractivity contribution in [2.75, 3.05) is 26.2 Å². The molecule has 2 aliphatic rings. The summed E-state index contributed by atoms with van der Waals surface area (Å²) in [5, 5.41) is 6.82. The van der Waals surface area contributed by atoms with Crippen molar-refractivity contribution < 1.29 is 0 Å². The van der Waals surface area contributed by atoms with Crippen LogP contribution in [0.4, 0.5) is 0 Å². The number of halogens is 3. The van der Waals surface area contributed by atoms with Crippen LogP contribution in [0.15, 0.2) is 49.1 Å². The van der Waals surface area contributed by atoms with Crippen molar-refractivity contribution in [1.82, 2.24) is 30.6 Å². The third-order valence-electron chi connectivity index (χ3n) is 5.87. The molecule has 0 amide bonds. The summed E-state index contributed by atoms with van der Waals surface area (Å²) in [7, 11) is 0. The van der Waals surface area contributed by atoms with E-state index >= 15 is 0 Å². The zero-order chi connectivity index (χ0) is 20.2. The molecule has 4 heterocycles. The van der Waals surface area contributed by atoms with Crippen molar-refractivity contribution >= 4 is 59.3 Å². The highest BCUT2D eigenvalue weighted by molar-refractivity contribution is 5.86. The summed E-state index contributed by atoms with van der Waals surface area (Å²) in [4.78, 5) is 17.3. The third kappa shape index (κ3) is 6.49. The molecule has 33 heavy (non-hydrogen) atoms. The normalized spacial score (nSPS) is 14.5. The summed E-state index contributed by atoms with van der Waals surface area (Å²) < 4.78 is 0. The van der Waals surface area contributed by atoms with Crippen LogP contribution < -0.4 is 10.6 Å². The number of benzene rings is 2. The molecular formula is C24H29Cl3N6. The SMILES string of the molecule is Cl.Cl.Cl.c1cnc2cc3c(cc2n1)CCNCC3.c1cnc2cc3c(cc2n1)CCNCC3. The maximum Gasteiger partial charge on any atom is 0.0889 e. The average molecular weight is 508 g/mol. The van der Waals surface area contributed by atoms with E-state index in [1.165, 1.54) is 22.3 Å².